The van der Waals surface area contributed by atoms with Crippen LogP contribution < -0.4 is 5.32 Å². The van der Waals surface area contributed by atoms with Crippen molar-refractivity contribution < 1.29 is 22.8 Å². The van der Waals surface area contributed by atoms with E-state index in [2.05, 4.69) is 24.1 Å². The lowest BCUT2D eigenvalue weighted by atomic mass is 9.93. The van der Waals surface area contributed by atoms with Gasteiger partial charge in [-0.05, 0) is 69.1 Å². The van der Waals surface area contributed by atoms with E-state index in [1.807, 2.05) is 0 Å². The van der Waals surface area contributed by atoms with E-state index in [9.17, 15) is 22.8 Å². The van der Waals surface area contributed by atoms with Crippen molar-refractivity contribution in [3.05, 3.63) is 40.3 Å². The van der Waals surface area contributed by atoms with E-state index in [0.717, 1.165) is 70.3 Å². The van der Waals surface area contributed by atoms with Crippen molar-refractivity contribution in [3.8, 4) is 0 Å². The molecule has 36 heavy (non-hydrogen) atoms. The normalized spacial score (nSPS) is 21.7. The van der Waals surface area contributed by atoms with Gasteiger partial charge in [0.2, 0.25) is 5.91 Å². The Morgan fingerprint density at radius 2 is 1.83 bits per heavy atom. The molecule has 2 atom stereocenters. The van der Waals surface area contributed by atoms with Crippen LogP contribution >= 0.6 is 11.8 Å². The molecule has 0 spiro atoms. The molecule has 0 aromatic heterocycles. The predicted octanol–water partition coefficient (Wildman–Crippen LogP) is 5.56. The minimum absolute atomic E-state index is 0.0105. The Morgan fingerprint density at radius 1 is 1.14 bits per heavy atom. The van der Waals surface area contributed by atoms with Gasteiger partial charge in [-0.3, -0.25) is 9.59 Å². The second kappa shape index (κ2) is 13.5. The summed E-state index contributed by atoms with van der Waals surface area (Å²) < 4.78 is 38.7. The molecule has 2 fully saturated rings. The highest BCUT2D eigenvalue weighted by Crippen LogP contribution is 2.42. The number of rotatable bonds is 11. The lowest BCUT2D eigenvalue weighted by Crippen LogP contribution is -2.54. The fraction of sp³-hybridized carbons (Fsp3) is 0.630. The van der Waals surface area contributed by atoms with Gasteiger partial charge in [0.05, 0.1) is 10.5 Å². The number of carbonyl (C=O) groups is 2. The van der Waals surface area contributed by atoms with Crippen molar-refractivity contribution in [1.82, 2.24) is 15.1 Å². The van der Waals surface area contributed by atoms with Gasteiger partial charge in [0.1, 0.15) is 6.54 Å². The van der Waals surface area contributed by atoms with Crippen LogP contribution in [0, 0.1) is 0 Å². The fourth-order valence-corrected chi connectivity index (χ4v) is 6.31. The average Bonchev–Trinajstić information content (AvgIpc) is 2.86. The third kappa shape index (κ3) is 8.00. The first-order valence-corrected chi connectivity index (χ1v) is 14.0. The second-order valence-corrected chi connectivity index (χ2v) is 10.8. The maximum Gasteiger partial charge on any atom is 0.416 e. The smallest absolute Gasteiger partial charge is 0.355 e. The van der Waals surface area contributed by atoms with Gasteiger partial charge in [-0.1, -0.05) is 45.2 Å². The van der Waals surface area contributed by atoms with Gasteiger partial charge < -0.3 is 15.1 Å². The molecule has 1 saturated heterocycles. The highest BCUT2D eigenvalue weighted by atomic mass is 32.2. The van der Waals surface area contributed by atoms with Crippen molar-refractivity contribution in [2.45, 2.75) is 76.3 Å². The number of carbonyl (C=O) groups excluding carboxylic acids is 2. The van der Waals surface area contributed by atoms with Gasteiger partial charge >= 0.3 is 6.18 Å². The number of alkyl halides is 3. The Hall–Kier alpha value is -2.00. The molecule has 2 unspecified atom stereocenters. The molecule has 2 amide bonds. The zero-order valence-electron chi connectivity index (χ0n) is 21.3. The zero-order valence-corrected chi connectivity index (χ0v) is 22.1. The molecule has 1 saturated carbocycles. The van der Waals surface area contributed by atoms with Gasteiger partial charge in [0, 0.05) is 17.8 Å². The highest BCUT2D eigenvalue weighted by Gasteiger charge is 2.41. The topological polar surface area (TPSA) is 52.7 Å². The summed E-state index contributed by atoms with van der Waals surface area (Å²) in [6, 6.07) is 4.83. The van der Waals surface area contributed by atoms with E-state index in [-0.39, 0.29) is 29.7 Å². The van der Waals surface area contributed by atoms with Crippen LogP contribution in [0.15, 0.2) is 29.2 Å². The number of nitrogens with one attached hydrogen (secondary N) is 1. The molecule has 2 aliphatic rings. The summed E-state index contributed by atoms with van der Waals surface area (Å²) >= 11 is 1.50. The van der Waals surface area contributed by atoms with E-state index in [4.69, 9.17) is 0 Å². The fourth-order valence-electron chi connectivity index (χ4n) is 4.83. The third-order valence-corrected chi connectivity index (χ3v) is 8.32. The number of fused-ring (bicyclic) bond motifs is 1. The summed E-state index contributed by atoms with van der Waals surface area (Å²) in [5, 5.41) is 3.17. The number of hydrogen-bond donors (Lipinski definition) is 1. The summed E-state index contributed by atoms with van der Waals surface area (Å²) in [7, 11) is 0. The van der Waals surface area contributed by atoms with Crippen molar-refractivity contribution >= 4 is 29.7 Å². The number of unbranched alkanes of at least 4 members (excludes halogenated alkanes) is 1. The van der Waals surface area contributed by atoms with Crippen LogP contribution in [0.25, 0.3) is 6.08 Å². The summed E-state index contributed by atoms with van der Waals surface area (Å²) in [6.07, 6.45) is 4.36. The van der Waals surface area contributed by atoms with Crippen LogP contribution in [0.5, 0.6) is 0 Å². The molecule has 0 radical (unpaired) electrons. The molecule has 1 aromatic rings. The quantitative estimate of drug-likeness (QED) is 0.304. The van der Waals surface area contributed by atoms with Crippen molar-refractivity contribution in [2.75, 3.05) is 32.7 Å². The summed E-state index contributed by atoms with van der Waals surface area (Å²) in [5.74, 6) is -0.375. The molecular weight excluding hydrogens is 487 g/mol. The van der Waals surface area contributed by atoms with Crippen LogP contribution in [0.4, 0.5) is 13.2 Å². The van der Waals surface area contributed by atoms with Crippen LogP contribution in [0.2, 0.25) is 0 Å². The average molecular weight is 526 g/mol. The van der Waals surface area contributed by atoms with Crippen molar-refractivity contribution in [1.29, 1.82) is 0 Å². The molecule has 1 N–H and O–H groups in total. The number of halogens is 3. The monoisotopic (exact) mass is 525 g/mol. The molecule has 9 heteroatoms. The standard InChI is InChI=1S/C27H38F3N3O2S/c1-3-5-16-32(4-2)17-8-15-31-25(34)19-33-22-9-6-7-10-23(22)36-24(26(33)35)18-20-11-13-21(14-12-20)27(28,29)30/h11-14,18,22-23H,3-10,15-17,19H2,1-2H3,(H,31,34)/b24-18-. The molecule has 0 bridgehead atoms. The lowest BCUT2D eigenvalue weighted by Gasteiger charge is -2.43. The first-order valence-electron chi connectivity index (χ1n) is 13.1. The number of hydrogen-bond acceptors (Lipinski definition) is 4. The van der Waals surface area contributed by atoms with Gasteiger partial charge in [-0.25, -0.2) is 0 Å². The van der Waals surface area contributed by atoms with Crippen molar-refractivity contribution in [2.24, 2.45) is 0 Å². The molecule has 1 aliphatic heterocycles. The minimum Gasteiger partial charge on any atom is -0.355 e. The van der Waals surface area contributed by atoms with Crippen molar-refractivity contribution in [3.63, 3.8) is 0 Å². The molecule has 1 aliphatic carbocycles. The first-order chi connectivity index (χ1) is 17.2. The molecular formula is C27H38F3N3O2S. The molecule has 200 valence electrons. The number of nitrogens with zero attached hydrogens (tertiary/aromatic N) is 2. The summed E-state index contributed by atoms with van der Waals surface area (Å²) in [6.45, 7) is 7.89. The van der Waals surface area contributed by atoms with E-state index in [1.165, 1.54) is 30.3 Å². The Morgan fingerprint density at radius 3 is 2.50 bits per heavy atom. The van der Waals surface area contributed by atoms with Gasteiger partial charge in [0.15, 0.2) is 0 Å². The Kier molecular flexibility index (Phi) is 10.7. The summed E-state index contributed by atoms with van der Waals surface area (Å²) in [5.41, 5.74) is -0.175. The van der Waals surface area contributed by atoms with E-state index in [1.54, 1.807) is 11.0 Å². The molecule has 3 rings (SSSR count). The minimum atomic E-state index is -4.40. The molecule has 5 nitrogen and oxygen atoms in total. The van der Waals surface area contributed by atoms with E-state index in [0.29, 0.717) is 17.0 Å². The van der Waals surface area contributed by atoms with Crippen LogP contribution in [0.3, 0.4) is 0 Å². The lowest BCUT2D eigenvalue weighted by molar-refractivity contribution is -0.137. The van der Waals surface area contributed by atoms with Gasteiger partial charge in [-0.2, -0.15) is 13.2 Å². The Balaban J connectivity index is 1.62. The van der Waals surface area contributed by atoms with Crippen LogP contribution in [0.1, 0.15) is 69.9 Å². The Bertz CT molecular complexity index is 905. The van der Waals surface area contributed by atoms with E-state index >= 15 is 0 Å². The van der Waals surface area contributed by atoms with Gasteiger partial charge in [-0.15, -0.1) is 11.8 Å². The van der Waals surface area contributed by atoms with Crippen LogP contribution in [-0.4, -0.2) is 65.6 Å². The molecule has 1 heterocycles. The Labute approximate surface area is 216 Å². The zero-order chi connectivity index (χ0) is 26.1. The number of thioether (sulfide) groups is 1. The summed E-state index contributed by atoms with van der Waals surface area (Å²) in [4.78, 5) is 30.7. The SMILES string of the molecule is CCCCN(CC)CCCNC(=O)CN1C(=O)/C(=C/c2ccc(C(F)(F)F)cc2)SC2CCCCC21. The van der Waals surface area contributed by atoms with Gasteiger partial charge in [0.25, 0.3) is 5.91 Å². The highest BCUT2D eigenvalue weighted by molar-refractivity contribution is 8.04. The van der Waals surface area contributed by atoms with Crippen LogP contribution in [-0.2, 0) is 15.8 Å². The molecule has 1 aromatic carbocycles. The predicted molar refractivity (Wildman–Crippen MR) is 139 cm³/mol. The maximum atomic E-state index is 13.4. The number of benzene rings is 1. The largest absolute Gasteiger partial charge is 0.416 e. The van der Waals surface area contributed by atoms with E-state index < -0.39 is 11.7 Å². The maximum absolute atomic E-state index is 13.4. The number of amides is 2. The first kappa shape index (κ1) is 28.6. The third-order valence-electron chi connectivity index (χ3n) is 6.92. The second-order valence-electron chi connectivity index (χ2n) is 9.56.